The predicted octanol–water partition coefficient (Wildman–Crippen LogP) is 2.15. The molecule has 0 amide bonds. The van der Waals surface area contributed by atoms with Crippen molar-refractivity contribution in [2.24, 2.45) is 4.99 Å². The summed E-state index contributed by atoms with van der Waals surface area (Å²) in [6.45, 7) is 4.52. The Morgan fingerprint density at radius 2 is 2.16 bits per heavy atom. The van der Waals surface area contributed by atoms with E-state index in [9.17, 15) is 4.39 Å². The van der Waals surface area contributed by atoms with Crippen LogP contribution in [-0.4, -0.2) is 32.8 Å². The number of nitrogens with zero attached hydrogens (tertiary/aromatic N) is 1. The Hall–Kier alpha value is -0.890. The van der Waals surface area contributed by atoms with Gasteiger partial charge in [-0.2, -0.15) is 0 Å². The molecule has 0 unspecified atom stereocenters. The van der Waals surface area contributed by atoms with Crippen molar-refractivity contribution in [3.63, 3.8) is 0 Å². The zero-order valence-electron chi connectivity index (χ0n) is 11.3. The van der Waals surface area contributed by atoms with Gasteiger partial charge in [0, 0.05) is 26.7 Å². The highest BCUT2D eigenvalue weighted by Gasteiger charge is 1.98. The average Bonchev–Trinajstić information content (AvgIpc) is 2.38. The van der Waals surface area contributed by atoms with Crippen LogP contribution < -0.4 is 10.6 Å². The van der Waals surface area contributed by atoms with Crippen molar-refractivity contribution in [1.82, 2.24) is 10.6 Å². The zero-order valence-corrected chi connectivity index (χ0v) is 13.6. The van der Waals surface area contributed by atoms with Gasteiger partial charge in [-0.15, -0.1) is 24.0 Å². The van der Waals surface area contributed by atoms with E-state index in [2.05, 4.69) is 15.6 Å². The van der Waals surface area contributed by atoms with Gasteiger partial charge in [0.2, 0.25) is 0 Å². The molecule has 0 aromatic heterocycles. The summed E-state index contributed by atoms with van der Waals surface area (Å²) < 4.78 is 18.2. The van der Waals surface area contributed by atoms with Gasteiger partial charge in [-0.1, -0.05) is 12.1 Å². The number of hydrogen-bond acceptors (Lipinski definition) is 2. The van der Waals surface area contributed by atoms with Crippen molar-refractivity contribution in [2.45, 2.75) is 13.5 Å². The first kappa shape index (κ1) is 18.1. The van der Waals surface area contributed by atoms with E-state index in [4.69, 9.17) is 4.74 Å². The van der Waals surface area contributed by atoms with Crippen LogP contribution in [0.4, 0.5) is 4.39 Å². The van der Waals surface area contributed by atoms with Gasteiger partial charge in [-0.05, 0) is 24.6 Å². The highest BCUT2D eigenvalue weighted by atomic mass is 127. The van der Waals surface area contributed by atoms with Gasteiger partial charge in [0.15, 0.2) is 5.96 Å². The molecular formula is C13H21FIN3O. The minimum atomic E-state index is -0.228. The molecule has 0 saturated carbocycles. The maximum Gasteiger partial charge on any atom is 0.191 e. The molecule has 0 fully saturated rings. The Kier molecular flexibility index (Phi) is 10.5. The van der Waals surface area contributed by atoms with E-state index in [1.54, 1.807) is 13.1 Å². The summed E-state index contributed by atoms with van der Waals surface area (Å²) in [6, 6.07) is 6.49. The zero-order chi connectivity index (χ0) is 13.2. The first-order valence-corrected chi connectivity index (χ1v) is 6.03. The molecule has 1 rings (SSSR count). The lowest BCUT2D eigenvalue weighted by Gasteiger charge is -2.11. The summed E-state index contributed by atoms with van der Waals surface area (Å²) in [5.74, 6) is 0.451. The maximum atomic E-state index is 13.0. The maximum absolute atomic E-state index is 13.0. The molecule has 1 aromatic rings. The molecule has 2 N–H and O–H groups in total. The standard InChI is InChI=1S/C13H20FN3O.HI/c1-3-18-8-7-16-13(15-2)17-10-11-5-4-6-12(14)9-11;/h4-6,9H,3,7-8,10H2,1-2H3,(H2,15,16,17);1H. The molecule has 0 atom stereocenters. The van der Waals surface area contributed by atoms with Gasteiger partial charge >= 0.3 is 0 Å². The van der Waals surface area contributed by atoms with Gasteiger partial charge in [0.1, 0.15) is 5.82 Å². The number of ether oxygens (including phenoxy) is 1. The molecule has 0 aliphatic rings. The minimum Gasteiger partial charge on any atom is -0.380 e. The van der Waals surface area contributed by atoms with Crippen molar-refractivity contribution in [3.05, 3.63) is 35.6 Å². The Morgan fingerprint density at radius 1 is 1.37 bits per heavy atom. The second-order valence-corrected chi connectivity index (χ2v) is 3.68. The van der Waals surface area contributed by atoms with Gasteiger partial charge in [0.25, 0.3) is 0 Å². The van der Waals surface area contributed by atoms with E-state index in [0.29, 0.717) is 32.3 Å². The smallest absolute Gasteiger partial charge is 0.191 e. The van der Waals surface area contributed by atoms with E-state index in [1.807, 2.05) is 13.0 Å². The number of nitrogens with one attached hydrogen (secondary N) is 2. The van der Waals surface area contributed by atoms with E-state index in [0.717, 1.165) is 5.56 Å². The summed E-state index contributed by atoms with van der Waals surface area (Å²) >= 11 is 0. The Morgan fingerprint density at radius 3 is 2.79 bits per heavy atom. The fraction of sp³-hybridized carbons (Fsp3) is 0.462. The third-order valence-corrected chi connectivity index (χ3v) is 2.32. The molecule has 0 radical (unpaired) electrons. The molecule has 0 heterocycles. The number of aliphatic imine (C=N–C) groups is 1. The molecule has 0 aliphatic carbocycles. The van der Waals surface area contributed by atoms with Crippen LogP contribution in [0, 0.1) is 5.82 Å². The molecule has 6 heteroatoms. The number of halogens is 2. The first-order chi connectivity index (χ1) is 8.76. The lowest BCUT2D eigenvalue weighted by atomic mass is 10.2. The second-order valence-electron chi connectivity index (χ2n) is 3.68. The SMILES string of the molecule is CCOCCNC(=NC)NCc1cccc(F)c1.I. The molecule has 1 aromatic carbocycles. The molecule has 108 valence electrons. The summed E-state index contributed by atoms with van der Waals surface area (Å²) in [5, 5.41) is 6.22. The van der Waals surface area contributed by atoms with Crippen LogP contribution in [0.3, 0.4) is 0 Å². The van der Waals surface area contributed by atoms with Crippen molar-refractivity contribution >= 4 is 29.9 Å². The third kappa shape index (κ3) is 7.99. The molecular weight excluding hydrogens is 360 g/mol. The van der Waals surface area contributed by atoms with Crippen LogP contribution in [0.2, 0.25) is 0 Å². The van der Waals surface area contributed by atoms with E-state index >= 15 is 0 Å². The fourth-order valence-electron chi connectivity index (χ4n) is 1.44. The highest BCUT2D eigenvalue weighted by Crippen LogP contribution is 2.02. The van der Waals surface area contributed by atoms with Crippen LogP contribution in [0.1, 0.15) is 12.5 Å². The van der Waals surface area contributed by atoms with E-state index < -0.39 is 0 Å². The molecule has 0 saturated heterocycles. The van der Waals surface area contributed by atoms with Crippen LogP contribution >= 0.6 is 24.0 Å². The number of guanidine groups is 1. The normalized spacial score (nSPS) is 10.8. The largest absolute Gasteiger partial charge is 0.380 e. The third-order valence-electron chi connectivity index (χ3n) is 2.32. The van der Waals surface area contributed by atoms with Gasteiger partial charge < -0.3 is 15.4 Å². The summed E-state index contributed by atoms with van der Waals surface area (Å²) in [7, 11) is 1.70. The number of hydrogen-bond donors (Lipinski definition) is 2. The molecule has 0 bridgehead atoms. The molecule has 19 heavy (non-hydrogen) atoms. The topological polar surface area (TPSA) is 45.6 Å². The summed E-state index contributed by atoms with van der Waals surface area (Å²) in [4.78, 5) is 4.07. The molecule has 0 spiro atoms. The van der Waals surface area contributed by atoms with Crippen molar-refractivity contribution in [1.29, 1.82) is 0 Å². The highest BCUT2D eigenvalue weighted by molar-refractivity contribution is 14.0. The molecule has 0 aliphatic heterocycles. The summed E-state index contributed by atoms with van der Waals surface area (Å²) in [6.07, 6.45) is 0. The summed E-state index contributed by atoms with van der Waals surface area (Å²) in [5.41, 5.74) is 0.878. The van der Waals surface area contributed by atoms with Crippen molar-refractivity contribution in [2.75, 3.05) is 26.8 Å². The number of rotatable bonds is 6. The van der Waals surface area contributed by atoms with E-state index in [1.165, 1.54) is 12.1 Å². The Balaban J connectivity index is 0.00000324. The number of benzene rings is 1. The lowest BCUT2D eigenvalue weighted by molar-refractivity contribution is 0.152. The van der Waals surface area contributed by atoms with Crippen LogP contribution in [-0.2, 0) is 11.3 Å². The van der Waals surface area contributed by atoms with Crippen LogP contribution in [0.25, 0.3) is 0 Å². The van der Waals surface area contributed by atoms with Crippen molar-refractivity contribution < 1.29 is 9.13 Å². The van der Waals surface area contributed by atoms with Gasteiger partial charge in [-0.25, -0.2) is 4.39 Å². The first-order valence-electron chi connectivity index (χ1n) is 6.03. The second kappa shape index (κ2) is 11.0. The predicted molar refractivity (Wildman–Crippen MR) is 86.5 cm³/mol. The van der Waals surface area contributed by atoms with E-state index in [-0.39, 0.29) is 29.8 Å². The van der Waals surface area contributed by atoms with Gasteiger partial charge in [-0.3, -0.25) is 4.99 Å². The lowest BCUT2D eigenvalue weighted by Crippen LogP contribution is -2.38. The van der Waals surface area contributed by atoms with Gasteiger partial charge in [0.05, 0.1) is 6.61 Å². The Bertz CT molecular complexity index is 388. The quantitative estimate of drug-likeness (QED) is 0.344. The van der Waals surface area contributed by atoms with Crippen LogP contribution in [0.15, 0.2) is 29.3 Å². The van der Waals surface area contributed by atoms with Crippen LogP contribution in [0.5, 0.6) is 0 Å². The monoisotopic (exact) mass is 381 g/mol. The molecule has 4 nitrogen and oxygen atoms in total. The fourth-order valence-corrected chi connectivity index (χ4v) is 1.44. The van der Waals surface area contributed by atoms with Crippen molar-refractivity contribution in [3.8, 4) is 0 Å². The average molecular weight is 381 g/mol. The Labute approximate surface area is 130 Å². The minimum absolute atomic E-state index is 0.